The maximum atomic E-state index is 11.8. The van der Waals surface area contributed by atoms with Gasteiger partial charge in [-0.25, -0.2) is 0 Å². The lowest BCUT2D eigenvalue weighted by Crippen LogP contribution is -2.52. The van der Waals surface area contributed by atoms with Gasteiger partial charge < -0.3 is 10.2 Å². The van der Waals surface area contributed by atoms with E-state index in [1.54, 1.807) is 0 Å². The summed E-state index contributed by atoms with van der Waals surface area (Å²) in [5.74, 6) is 1.46. The van der Waals surface area contributed by atoms with Crippen molar-refractivity contribution in [3.05, 3.63) is 0 Å². The summed E-state index contributed by atoms with van der Waals surface area (Å²) < 4.78 is 0. The highest BCUT2D eigenvalue weighted by atomic mass is 16.2. The van der Waals surface area contributed by atoms with Gasteiger partial charge in [0, 0.05) is 26.2 Å². The van der Waals surface area contributed by atoms with Crippen LogP contribution in [-0.4, -0.2) is 37.0 Å². The molecule has 1 saturated heterocycles. The van der Waals surface area contributed by atoms with Crippen LogP contribution < -0.4 is 5.32 Å². The molecule has 0 aromatic carbocycles. The topological polar surface area (TPSA) is 32.3 Å². The summed E-state index contributed by atoms with van der Waals surface area (Å²) in [5.41, 5.74) is 0. The number of nitrogens with zero attached hydrogens (tertiary/aromatic N) is 1. The van der Waals surface area contributed by atoms with Crippen LogP contribution in [0, 0.1) is 11.8 Å². The standard InChI is InChI=1S/C10H18N2O/c1-2-12(7-8-3-4-8)10(13)9-5-11-6-9/h8-9,11H,2-7H2,1H3. The third-order valence-electron chi connectivity index (χ3n) is 3.00. The monoisotopic (exact) mass is 182 g/mol. The van der Waals surface area contributed by atoms with Crippen molar-refractivity contribution < 1.29 is 4.79 Å². The Morgan fingerprint density at radius 3 is 2.54 bits per heavy atom. The fraction of sp³-hybridized carbons (Fsp3) is 0.900. The molecule has 2 fully saturated rings. The zero-order valence-electron chi connectivity index (χ0n) is 8.25. The fourth-order valence-electron chi connectivity index (χ4n) is 1.71. The molecule has 0 bridgehead atoms. The van der Waals surface area contributed by atoms with Crippen LogP contribution in [-0.2, 0) is 4.79 Å². The van der Waals surface area contributed by atoms with Crippen LogP contribution in [0.1, 0.15) is 19.8 Å². The second-order valence-corrected chi connectivity index (χ2v) is 4.18. The molecule has 1 N–H and O–H groups in total. The van der Waals surface area contributed by atoms with Gasteiger partial charge in [-0.05, 0) is 25.7 Å². The van der Waals surface area contributed by atoms with Crippen molar-refractivity contribution in [1.82, 2.24) is 10.2 Å². The lowest BCUT2D eigenvalue weighted by molar-refractivity contribution is -0.137. The third kappa shape index (κ3) is 2.02. The maximum Gasteiger partial charge on any atom is 0.228 e. The molecule has 0 aromatic heterocycles. The van der Waals surface area contributed by atoms with Gasteiger partial charge in [0.2, 0.25) is 5.91 Å². The molecule has 2 rings (SSSR count). The van der Waals surface area contributed by atoms with Crippen molar-refractivity contribution in [2.45, 2.75) is 19.8 Å². The Bertz CT molecular complexity index is 197. The molecule has 1 heterocycles. The minimum Gasteiger partial charge on any atom is -0.342 e. The molecule has 1 aliphatic heterocycles. The summed E-state index contributed by atoms with van der Waals surface area (Å²) in [6.07, 6.45) is 2.65. The van der Waals surface area contributed by atoms with E-state index < -0.39 is 0 Å². The molecule has 1 amide bonds. The van der Waals surface area contributed by atoms with Crippen LogP contribution in [0.15, 0.2) is 0 Å². The Hall–Kier alpha value is -0.570. The molecule has 0 unspecified atom stereocenters. The van der Waals surface area contributed by atoms with Crippen LogP contribution in [0.2, 0.25) is 0 Å². The van der Waals surface area contributed by atoms with Crippen molar-refractivity contribution in [3.63, 3.8) is 0 Å². The summed E-state index contributed by atoms with van der Waals surface area (Å²) in [4.78, 5) is 13.8. The van der Waals surface area contributed by atoms with Crippen LogP contribution >= 0.6 is 0 Å². The van der Waals surface area contributed by atoms with E-state index in [0.717, 1.165) is 32.1 Å². The van der Waals surface area contributed by atoms with Crippen LogP contribution in [0.4, 0.5) is 0 Å². The fourth-order valence-corrected chi connectivity index (χ4v) is 1.71. The van der Waals surface area contributed by atoms with Crippen LogP contribution in [0.5, 0.6) is 0 Å². The first-order chi connectivity index (χ1) is 6.31. The van der Waals surface area contributed by atoms with Crippen LogP contribution in [0.3, 0.4) is 0 Å². The Kier molecular flexibility index (Phi) is 2.54. The molecule has 1 saturated carbocycles. The highest BCUT2D eigenvalue weighted by Gasteiger charge is 2.31. The molecular formula is C10H18N2O. The minimum atomic E-state index is 0.277. The highest BCUT2D eigenvalue weighted by Crippen LogP contribution is 2.30. The second-order valence-electron chi connectivity index (χ2n) is 4.18. The average molecular weight is 182 g/mol. The molecule has 0 radical (unpaired) electrons. The molecule has 3 heteroatoms. The van der Waals surface area contributed by atoms with Crippen LogP contribution in [0.25, 0.3) is 0 Å². The maximum absolute atomic E-state index is 11.8. The molecule has 0 aromatic rings. The number of carbonyl (C=O) groups is 1. The number of rotatable bonds is 4. The largest absolute Gasteiger partial charge is 0.342 e. The van der Waals surface area contributed by atoms with Crippen molar-refractivity contribution >= 4 is 5.91 Å². The molecule has 1 aliphatic carbocycles. The Morgan fingerprint density at radius 1 is 1.46 bits per heavy atom. The highest BCUT2D eigenvalue weighted by molar-refractivity contribution is 5.80. The molecular weight excluding hydrogens is 164 g/mol. The molecule has 0 atom stereocenters. The van der Waals surface area contributed by atoms with Gasteiger partial charge in [0.1, 0.15) is 0 Å². The van der Waals surface area contributed by atoms with Gasteiger partial charge in [-0.1, -0.05) is 0 Å². The third-order valence-corrected chi connectivity index (χ3v) is 3.00. The van der Waals surface area contributed by atoms with Crippen molar-refractivity contribution in [2.24, 2.45) is 11.8 Å². The number of amides is 1. The number of carbonyl (C=O) groups excluding carboxylic acids is 1. The summed E-state index contributed by atoms with van der Waals surface area (Å²) >= 11 is 0. The zero-order valence-corrected chi connectivity index (χ0v) is 8.25. The van der Waals surface area contributed by atoms with E-state index in [1.807, 2.05) is 4.90 Å². The predicted octanol–water partition coefficient (Wildman–Crippen LogP) is 0.464. The summed E-state index contributed by atoms with van der Waals surface area (Å²) in [6, 6.07) is 0. The van der Waals surface area contributed by atoms with E-state index >= 15 is 0 Å². The Morgan fingerprint density at radius 2 is 2.15 bits per heavy atom. The predicted molar refractivity (Wildman–Crippen MR) is 51.3 cm³/mol. The zero-order chi connectivity index (χ0) is 9.26. The SMILES string of the molecule is CCN(CC1CC1)C(=O)C1CNC1. The minimum absolute atomic E-state index is 0.277. The Labute approximate surface area is 79.5 Å². The molecule has 3 nitrogen and oxygen atoms in total. The molecule has 2 aliphatic rings. The van der Waals surface area contributed by atoms with E-state index in [9.17, 15) is 4.79 Å². The van der Waals surface area contributed by atoms with Gasteiger partial charge in [-0.15, -0.1) is 0 Å². The van der Waals surface area contributed by atoms with Gasteiger partial charge >= 0.3 is 0 Å². The van der Waals surface area contributed by atoms with E-state index in [1.165, 1.54) is 12.8 Å². The van der Waals surface area contributed by atoms with Crippen molar-refractivity contribution in [1.29, 1.82) is 0 Å². The van der Waals surface area contributed by atoms with Gasteiger partial charge in [0.05, 0.1) is 5.92 Å². The van der Waals surface area contributed by atoms with E-state index in [2.05, 4.69) is 12.2 Å². The molecule has 74 valence electrons. The van der Waals surface area contributed by atoms with Gasteiger partial charge in [0.15, 0.2) is 0 Å². The average Bonchev–Trinajstić information content (AvgIpc) is 2.79. The first-order valence-electron chi connectivity index (χ1n) is 5.30. The van der Waals surface area contributed by atoms with E-state index in [4.69, 9.17) is 0 Å². The molecule has 0 spiro atoms. The summed E-state index contributed by atoms with van der Waals surface area (Å²) in [6.45, 7) is 5.74. The van der Waals surface area contributed by atoms with E-state index in [-0.39, 0.29) is 5.92 Å². The normalized spacial score (nSPS) is 22.5. The number of nitrogens with one attached hydrogen (secondary N) is 1. The first kappa shape index (κ1) is 9.00. The first-order valence-corrected chi connectivity index (χ1v) is 5.30. The second kappa shape index (κ2) is 3.66. The van der Waals surface area contributed by atoms with Gasteiger partial charge in [-0.3, -0.25) is 4.79 Å². The Balaban J connectivity index is 1.82. The van der Waals surface area contributed by atoms with Crippen molar-refractivity contribution in [2.75, 3.05) is 26.2 Å². The summed E-state index contributed by atoms with van der Waals surface area (Å²) in [5, 5.41) is 3.14. The lowest BCUT2D eigenvalue weighted by Gasteiger charge is -2.31. The van der Waals surface area contributed by atoms with Gasteiger partial charge in [0.25, 0.3) is 0 Å². The quantitative estimate of drug-likeness (QED) is 0.685. The number of hydrogen-bond donors (Lipinski definition) is 1. The van der Waals surface area contributed by atoms with Gasteiger partial charge in [-0.2, -0.15) is 0 Å². The van der Waals surface area contributed by atoms with Crippen molar-refractivity contribution in [3.8, 4) is 0 Å². The van der Waals surface area contributed by atoms with E-state index in [0.29, 0.717) is 5.91 Å². The molecule has 13 heavy (non-hydrogen) atoms. The number of hydrogen-bond acceptors (Lipinski definition) is 2. The summed E-state index contributed by atoms with van der Waals surface area (Å²) in [7, 11) is 0. The smallest absolute Gasteiger partial charge is 0.228 e. The lowest BCUT2D eigenvalue weighted by atomic mass is 10.0.